The third kappa shape index (κ3) is 4.16. The van der Waals surface area contributed by atoms with Crippen molar-refractivity contribution in [2.45, 2.75) is 24.7 Å². The molecule has 3 amide bonds. The zero-order valence-electron chi connectivity index (χ0n) is 18.6. The lowest BCUT2D eigenvalue weighted by Crippen LogP contribution is -2.41. The maximum absolute atomic E-state index is 13.4. The lowest BCUT2D eigenvalue weighted by Gasteiger charge is -2.20. The standard InChI is InChI=1S/C25H21F3N4O3/c1-31-9-3-6-20(31)22(33)29-17-12-21-23(34)30-19-8-7-15(11-18(19)24(35)32(21)13-17)14-4-2-5-16(10-14)25(26,27)28/h2-11,17,21H,12-13H2,1H3,(H,29,33)(H,30,34). The van der Waals surface area contributed by atoms with Gasteiger partial charge >= 0.3 is 6.18 Å². The highest BCUT2D eigenvalue weighted by Gasteiger charge is 2.43. The van der Waals surface area contributed by atoms with E-state index < -0.39 is 29.7 Å². The van der Waals surface area contributed by atoms with Crippen molar-refractivity contribution < 1.29 is 27.6 Å². The Labute approximate surface area is 198 Å². The van der Waals surface area contributed by atoms with Gasteiger partial charge in [0, 0.05) is 25.8 Å². The zero-order valence-corrected chi connectivity index (χ0v) is 18.6. The van der Waals surface area contributed by atoms with Crippen LogP contribution in [0.25, 0.3) is 11.1 Å². The number of rotatable bonds is 3. The summed E-state index contributed by atoms with van der Waals surface area (Å²) < 4.78 is 41.2. The average Bonchev–Trinajstić information content (AvgIpc) is 3.42. The van der Waals surface area contributed by atoms with Gasteiger partial charge in [0.15, 0.2) is 0 Å². The van der Waals surface area contributed by atoms with E-state index in [1.165, 1.54) is 29.2 Å². The van der Waals surface area contributed by atoms with Gasteiger partial charge in [0.25, 0.3) is 11.8 Å². The fraction of sp³-hybridized carbons (Fsp3) is 0.240. The molecule has 0 spiro atoms. The molecule has 0 saturated carbocycles. The maximum Gasteiger partial charge on any atom is 0.416 e. The van der Waals surface area contributed by atoms with Crippen LogP contribution in [0.4, 0.5) is 18.9 Å². The minimum Gasteiger partial charge on any atom is -0.347 e. The highest BCUT2D eigenvalue weighted by Crippen LogP contribution is 2.35. The van der Waals surface area contributed by atoms with Gasteiger partial charge in [-0.2, -0.15) is 13.2 Å². The van der Waals surface area contributed by atoms with Gasteiger partial charge in [-0.25, -0.2) is 0 Å². The third-order valence-corrected chi connectivity index (χ3v) is 6.41. The number of amides is 3. The molecule has 35 heavy (non-hydrogen) atoms. The van der Waals surface area contributed by atoms with Crippen LogP contribution in [0.1, 0.15) is 32.8 Å². The molecule has 2 atom stereocenters. The molecule has 2 N–H and O–H groups in total. The summed E-state index contributed by atoms with van der Waals surface area (Å²) in [5.74, 6) is -1.10. The van der Waals surface area contributed by atoms with E-state index in [1.54, 1.807) is 36.0 Å². The summed E-state index contributed by atoms with van der Waals surface area (Å²) in [4.78, 5) is 40.3. The van der Waals surface area contributed by atoms with Crippen LogP contribution in [0, 0.1) is 0 Å². The van der Waals surface area contributed by atoms with Gasteiger partial charge in [-0.1, -0.05) is 18.2 Å². The van der Waals surface area contributed by atoms with Crippen LogP contribution in [-0.4, -0.2) is 45.8 Å². The van der Waals surface area contributed by atoms with E-state index in [0.717, 1.165) is 12.1 Å². The van der Waals surface area contributed by atoms with Crippen LogP contribution in [0.5, 0.6) is 0 Å². The van der Waals surface area contributed by atoms with Gasteiger partial charge < -0.3 is 20.1 Å². The molecule has 1 fully saturated rings. The number of anilines is 1. The smallest absolute Gasteiger partial charge is 0.347 e. The van der Waals surface area contributed by atoms with E-state index in [1.807, 2.05) is 0 Å². The van der Waals surface area contributed by atoms with Crippen LogP contribution >= 0.6 is 0 Å². The molecular weight excluding hydrogens is 461 g/mol. The predicted molar refractivity (Wildman–Crippen MR) is 122 cm³/mol. The number of aromatic nitrogens is 1. The highest BCUT2D eigenvalue weighted by atomic mass is 19.4. The first-order valence-corrected chi connectivity index (χ1v) is 11.0. The first-order chi connectivity index (χ1) is 16.6. The Morgan fingerprint density at radius 3 is 2.54 bits per heavy atom. The topological polar surface area (TPSA) is 83.4 Å². The second kappa shape index (κ2) is 8.30. The lowest BCUT2D eigenvalue weighted by atomic mass is 9.99. The number of hydrogen-bond acceptors (Lipinski definition) is 3. The number of benzene rings is 2. The molecule has 2 aromatic carbocycles. The Kier molecular flexibility index (Phi) is 5.38. The highest BCUT2D eigenvalue weighted by molar-refractivity contribution is 6.11. The van der Waals surface area contributed by atoms with Crippen molar-refractivity contribution in [3.8, 4) is 11.1 Å². The maximum atomic E-state index is 13.4. The van der Waals surface area contributed by atoms with Crippen molar-refractivity contribution in [3.63, 3.8) is 0 Å². The first-order valence-electron chi connectivity index (χ1n) is 11.0. The van der Waals surface area contributed by atoms with E-state index in [0.29, 0.717) is 22.5 Å². The summed E-state index contributed by atoms with van der Waals surface area (Å²) in [5.41, 5.74) is 0.875. The van der Waals surface area contributed by atoms with Crippen molar-refractivity contribution in [2.75, 3.05) is 11.9 Å². The third-order valence-electron chi connectivity index (χ3n) is 6.41. The lowest BCUT2D eigenvalue weighted by molar-refractivity contribution is -0.137. The van der Waals surface area contributed by atoms with Gasteiger partial charge in [-0.15, -0.1) is 0 Å². The van der Waals surface area contributed by atoms with Gasteiger partial charge in [-0.05, 0) is 53.9 Å². The first kappa shape index (κ1) is 22.7. The second-order valence-electron chi connectivity index (χ2n) is 8.71. The average molecular weight is 482 g/mol. The number of halogens is 3. The monoisotopic (exact) mass is 482 g/mol. The summed E-state index contributed by atoms with van der Waals surface area (Å²) >= 11 is 0. The van der Waals surface area contributed by atoms with Crippen LogP contribution in [0.3, 0.4) is 0 Å². The van der Waals surface area contributed by atoms with E-state index in [9.17, 15) is 27.6 Å². The predicted octanol–water partition coefficient (Wildman–Crippen LogP) is 3.68. The van der Waals surface area contributed by atoms with E-state index in [-0.39, 0.29) is 30.3 Å². The number of carbonyl (C=O) groups is 3. The molecule has 0 aliphatic carbocycles. The fourth-order valence-electron chi connectivity index (χ4n) is 4.63. The van der Waals surface area contributed by atoms with Gasteiger partial charge in [0.2, 0.25) is 5.91 Å². The number of hydrogen-bond donors (Lipinski definition) is 2. The normalized spacial score (nSPS) is 19.6. The summed E-state index contributed by atoms with van der Waals surface area (Å²) in [5, 5.41) is 5.63. The summed E-state index contributed by atoms with van der Waals surface area (Å²) in [6.07, 6.45) is -2.50. The van der Waals surface area contributed by atoms with Gasteiger partial charge in [0.05, 0.1) is 16.8 Å². The Morgan fingerprint density at radius 1 is 1.06 bits per heavy atom. The Morgan fingerprint density at radius 2 is 1.83 bits per heavy atom. The molecule has 3 heterocycles. The minimum absolute atomic E-state index is 0.139. The number of nitrogens with zero attached hydrogens (tertiary/aromatic N) is 2. The van der Waals surface area contributed by atoms with Gasteiger partial charge in [0.1, 0.15) is 11.7 Å². The SMILES string of the molecule is Cn1cccc1C(=O)NC1CC2C(=O)Nc3ccc(-c4cccc(C(F)(F)F)c4)cc3C(=O)N2C1. The number of alkyl halides is 3. The van der Waals surface area contributed by atoms with Crippen molar-refractivity contribution in [1.82, 2.24) is 14.8 Å². The van der Waals surface area contributed by atoms with Crippen LogP contribution < -0.4 is 10.6 Å². The molecule has 0 bridgehead atoms. The van der Waals surface area contributed by atoms with Crippen LogP contribution in [0.15, 0.2) is 60.8 Å². The van der Waals surface area contributed by atoms with Crippen molar-refractivity contribution in [2.24, 2.45) is 7.05 Å². The largest absolute Gasteiger partial charge is 0.416 e. The Balaban J connectivity index is 1.42. The summed E-state index contributed by atoms with van der Waals surface area (Å²) in [7, 11) is 1.74. The number of carbonyl (C=O) groups excluding carboxylic acids is 3. The second-order valence-corrected chi connectivity index (χ2v) is 8.71. The molecule has 5 rings (SSSR count). The molecule has 1 aromatic heterocycles. The molecule has 2 aliphatic rings. The molecular formula is C25H21F3N4O3. The van der Waals surface area contributed by atoms with E-state index in [4.69, 9.17) is 0 Å². The van der Waals surface area contributed by atoms with E-state index >= 15 is 0 Å². The molecule has 0 radical (unpaired) electrons. The number of fused-ring (bicyclic) bond motifs is 2. The molecule has 180 valence electrons. The van der Waals surface area contributed by atoms with Gasteiger partial charge in [-0.3, -0.25) is 14.4 Å². The zero-order chi connectivity index (χ0) is 24.9. The van der Waals surface area contributed by atoms with Crippen molar-refractivity contribution >= 4 is 23.4 Å². The molecule has 2 aliphatic heterocycles. The number of nitrogens with one attached hydrogen (secondary N) is 2. The van der Waals surface area contributed by atoms with Crippen LogP contribution in [0.2, 0.25) is 0 Å². The summed E-state index contributed by atoms with van der Waals surface area (Å²) in [6, 6.07) is 11.7. The quantitative estimate of drug-likeness (QED) is 0.598. The summed E-state index contributed by atoms with van der Waals surface area (Å²) in [6.45, 7) is 0.139. The van der Waals surface area contributed by atoms with Crippen LogP contribution in [-0.2, 0) is 18.0 Å². The molecule has 1 saturated heterocycles. The molecule has 10 heteroatoms. The van der Waals surface area contributed by atoms with Crippen molar-refractivity contribution in [1.29, 1.82) is 0 Å². The molecule has 2 unspecified atom stereocenters. The Bertz CT molecular complexity index is 1350. The molecule has 7 nitrogen and oxygen atoms in total. The fourth-order valence-corrected chi connectivity index (χ4v) is 4.63. The van der Waals surface area contributed by atoms with E-state index in [2.05, 4.69) is 10.6 Å². The molecule has 3 aromatic rings. The minimum atomic E-state index is -4.49. The number of aryl methyl sites for hydroxylation is 1. The Hall–Kier alpha value is -4.08. The van der Waals surface area contributed by atoms with Crippen molar-refractivity contribution in [3.05, 3.63) is 77.6 Å².